The van der Waals surface area contributed by atoms with Crippen LogP contribution in [0.3, 0.4) is 0 Å². The number of hydrogen-bond donors (Lipinski definition) is 2. The van der Waals surface area contributed by atoms with Gasteiger partial charge < -0.3 is 20.3 Å². The third-order valence-electron chi connectivity index (χ3n) is 4.32. The number of benzene rings is 2. The molecule has 1 fully saturated rings. The number of anilines is 2. The van der Waals surface area contributed by atoms with Crippen molar-refractivity contribution in [1.29, 1.82) is 0 Å². The second-order valence-corrected chi connectivity index (χ2v) is 6.22. The van der Waals surface area contributed by atoms with E-state index < -0.39 is 0 Å². The summed E-state index contributed by atoms with van der Waals surface area (Å²) in [6, 6.07) is 16.0. The Labute approximate surface area is 157 Å². The zero-order chi connectivity index (χ0) is 19.2. The standard InChI is InChI=1S/C20H21N3O4/c1-21-20(26)14-11-19(25)23(12-14)16-7-9-17(10-8-16)27-13-18(24)22-15-5-3-2-4-6-15/h2-10,14H,11-13H2,1H3,(H,21,26)(H,22,24)/t14-/m0/s1. The fraction of sp³-hybridized carbons (Fsp3) is 0.250. The molecule has 0 aromatic heterocycles. The average molecular weight is 367 g/mol. The van der Waals surface area contributed by atoms with Gasteiger partial charge in [-0.1, -0.05) is 18.2 Å². The molecule has 0 saturated carbocycles. The summed E-state index contributed by atoms with van der Waals surface area (Å²) in [5, 5.41) is 5.32. The Kier molecular flexibility index (Phi) is 5.71. The van der Waals surface area contributed by atoms with E-state index in [4.69, 9.17) is 4.74 Å². The summed E-state index contributed by atoms with van der Waals surface area (Å²) >= 11 is 0. The van der Waals surface area contributed by atoms with Crippen molar-refractivity contribution in [3.05, 3.63) is 54.6 Å². The number of nitrogens with zero attached hydrogens (tertiary/aromatic N) is 1. The van der Waals surface area contributed by atoms with Gasteiger partial charge in [-0.25, -0.2) is 0 Å². The number of nitrogens with one attached hydrogen (secondary N) is 2. The van der Waals surface area contributed by atoms with Crippen molar-refractivity contribution >= 4 is 29.1 Å². The molecule has 2 aromatic carbocycles. The first kappa shape index (κ1) is 18.4. The van der Waals surface area contributed by atoms with E-state index in [1.54, 1.807) is 48.3 Å². The second kappa shape index (κ2) is 8.35. The third kappa shape index (κ3) is 4.63. The van der Waals surface area contributed by atoms with Crippen molar-refractivity contribution in [1.82, 2.24) is 5.32 Å². The Balaban J connectivity index is 1.54. The van der Waals surface area contributed by atoms with Gasteiger partial charge in [0, 0.05) is 31.4 Å². The number of rotatable bonds is 6. The van der Waals surface area contributed by atoms with Gasteiger partial charge >= 0.3 is 0 Å². The SMILES string of the molecule is CNC(=O)[C@H]1CC(=O)N(c2ccc(OCC(=O)Nc3ccccc3)cc2)C1. The van der Waals surface area contributed by atoms with E-state index in [9.17, 15) is 14.4 Å². The first-order valence-corrected chi connectivity index (χ1v) is 8.66. The topological polar surface area (TPSA) is 87.7 Å². The Morgan fingerprint density at radius 1 is 1.11 bits per heavy atom. The van der Waals surface area contributed by atoms with Crippen molar-refractivity contribution in [2.45, 2.75) is 6.42 Å². The summed E-state index contributed by atoms with van der Waals surface area (Å²) in [5.74, 6) is -0.278. The number of amides is 3. The van der Waals surface area contributed by atoms with Crippen molar-refractivity contribution in [3.8, 4) is 5.75 Å². The third-order valence-corrected chi connectivity index (χ3v) is 4.32. The molecule has 1 aliphatic rings. The summed E-state index contributed by atoms with van der Waals surface area (Å²) in [6.45, 7) is 0.244. The minimum absolute atomic E-state index is 0.0838. The Bertz CT molecular complexity index is 821. The molecule has 3 amide bonds. The fourth-order valence-electron chi connectivity index (χ4n) is 2.93. The summed E-state index contributed by atoms with van der Waals surface area (Å²) in [6.07, 6.45) is 0.206. The molecule has 0 aliphatic carbocycles. The van der Waals surface area contributed by atoms with Crippen LogP contribution >= 0.6 is 0 Å². The second-order valence-electron chi connectivity index (χ2n) is 6.22. The van der Waals surface area contributed by atoms with Gasteiger partial charge in [0.2, 0.25) is 11.8 Å². The molecule has 7 nitrogen and oxygen atoms in total. The van der Waals surface area contributed by atoms with E-state index in [-0.39, 0.29) is 36.7 Å². The molecule has 1 atom stereocenters. The zero-order valence-corrected chi connectivity index (χ0v) is 15.0. The average Bonchev–Trinajstić information content (AvgIpc) is 3.08. The van der Waals surface area contributed by atoms with Gasteiger partial charge in [0.05, 0.1) is 5.92 Å². The lowest BCUT2D eigenvalue weighted by Gasteiger charge is -2.17. The predicted molar refractivity (Wildman–Crippen MR) is 102 cm³/mol. The van der Waals surface area contributed by atoms with Crippen molar-refractivity contribution in [2.75, 3.05) is 30.4 Å². The Morgan fingerprint density at radius 2 is 1.81 bits per heavy atom. The molecular formula is C20H21N3O4. The smallest absolute Gasteiger partial charge is 0.262 e. The Hall–Kier alpha value is -3.35. The minimum Gasteiger partial charge on any atom is -0.484 e. The highest BCUT2D eigenvalue weighted by molar-refractivity contribution is 6.00. The van der Waals surface area contributed by atoms with E-state index in [0.717, 1.165) is 0 Å². The molecule has 140 valence electrons. The fourth-order valence-corrected chi connectivity index (χ4v) is 2.93. The highest BCUT2D eigenvalue weighted by Crippen LogP contribution is 2.27. The summed E-state index contributed by atoms with van der Waals surface area (Å²) < 4.78 is 5.48. The maximum atomic E-state index is 12.1. The monoisotopic (exact) mass is 367 g/mol. The van der Waals surface area contributed by atoms with Crippen LogP contribution in [-0.2, 0) is 14.4 Å². The molecular weight excluding hydrogens is 346 g/mol. The van der Waals surface area contributed by atoms with Gasteiger partial charge in [-0.05, 0) is 36.4 Å². The molecule has 0 spiro atoms. The van der Waals surface area contributed by atoms with E-state index in [0.29, 0.717) is 23.7 Å². The maximum Gasteiger partial charge on any atom is 0.262 e. The van der Waals surface area contributed by atoms with Crippen LogP contribution in [0.2, 0.25) is 0 Å². The molecule has 0 unspecified atom stereocenters. The largest absolute Gasteiger partial charge is 0.484 e. The molecule has 27 heavy (non-hydrogen) atoms. The van der Waals surface area contributed by atoms with E-state index >= 15 is 0 Å². The van der Waals surface area contributed by atoms with Crippen LogP contribution in [0.4, 0.5) is 11.4 Å². The predicted octanol–water partition coefficient (Wildman–Crippen LogP) is 1.80. The molecule has 0 radical (unpaired) electrons. The van der Waals surface area contributed by atoms with Crippen LogP contribution < -0.4 is 20.3 Å². The van der Waals surface area contributed by atoms with E-state index in [1.165, 1.54) is 0 Å². The van der Waals surface area contributed by atoms with Gasteiger partial charge in [0.15, 0.2) is 6.61 Å². The molecule has 0 bridgehead atoms. The van der Waals surface area contributed by atoms with Crippen LogP contribution in [0.15, 0.2) is 54.6 Å². The lowest BCUT2D eigenvalue weighted by molar-refractivity contribution is -0.125. The van der Waals surface area contributed by atoms with E-state index in [2.05, 4.69) is 10.6 Å². The molecule has 3 rings (SSSR count). The number of hydrogen-bond acceptors (Lipinski definition) is 4. The highest BCUT2D eigenvalue weighted by atomic mass is 16.5. The Morgan fingerprint density at radius 3 is 2.48 bits per heavy atom. The lowest BCUT2D eigenvalue weighted by Crippen LogP contribution is -2.30. The number of para-hydroxylation sites is 1. The molecule has 2 aromatic rings. The van der Waals surface area contributed by atoms with Gasteiger partial charge in [0.1, 0.15) is 5.75 Å². The van der Waals surface area contributed by atoms with Crippen LogP contribution in [0.25, 0.3) is 0 Å². The maximum absolute atomic E-state index is 12.1. The number of ether oxygens (including phenoxy) is 1. The van der Waals surface area contributed by atoms with Crippen molar-refractivity contribution in [2.24, 2.45) is 5.92 Å². The first-order valence-electron chi connectivity index (χ1n) is 8.66. The van der Waals surface area contributed by atoms with Crippen LogP contribution in [0, 0.1) is 5.92 Å². The highest BCUT2D eigenvalue weighted by Gasteiger charge is 2.34. The van der Waals surface area contributed by atoms with Crippen LogP contribution in [0.1, 0.15) is 6.42 Å². The first-order chi connectivity index (χ1) is 13.1. The van der Waals surface area contributed by atoms with Crippen molar-refractivity contribution < 1.29 is 19.1 Å². The quantitative estimate of drug-likeness (QED) is 0.815. The summed E-state index contributed by atoms with van der Waals surface area (Å²) in [4.78, 5) is 37.4. The molecule has 1 heterocycles. The van der Waals surface area contributed by atoms with Crippen molar-refractivity contribution in [3.63, 3.8) is 0 Å². The minimum atomic E-state index is -0.333. The van der Waals surface area contributed by atoms with Gasteiger partial charge in [-0.15, -0.1) is 0 Å². The summed E-state index contributed by atoms with van der Waals surface area (Å²) in [7, 11) is 1.57. The number of carbonyl (C=O) groups is 3. The van der Waals surface area contributed by atoms with Gasteiger partial charge in [-0.2, -0.15) is 0 Å². The zero-order valence-electron chi connectivity index (χ0n) is 15.0. The van der Waals surface area contributed by atoms with E-state index in [1.807, 2.05) is 18.2 Å². The van der Waals surface area contributed by atoms with Crippen LogP contribution in [-0.4, -0.2) is 37.9 Å². The molecule has 2 N–H and O–H groups in total. The van der Waals surface area contributed by atoms with Crippen LogP contribution in [0.5, 0.6) is 5.75 Å². The number of carbonyl (C=O) groups excluding carboxylic acids is 3. The molecule has 1 saturated heterocycles. The normalized spacial score (nSPS) is 16.1. The lowest BCUT2D eigenvalue weighted by atomic mass is 10.1. The molecule has 7 heteroatoms. The summed E-state index contributed by atoms with van der Waals surface area (Å²) in [5.41, 5.74) is 1.41. The van der Waals surface area contributed by atoms with Gasteiger partial charge in [-0.3, -0.25) is 14.4 Å². The molecule has 1 aliphatic heterocycles. The van der Waals surface area contributed by atoms with Gasteiger partial charge in [0.25, 0.3) is 5.91 Å².